The van der Waals surface area contributed by atoms with Crippen LogP contribution in [-0.4, -0.2) is 12.6 Å². The van der Waals surface area contributed by atoms with Gasteiger partial charge >= 0.3 is 5.97 Å². The molecule has 0 aliphatic heterocycles. The predicted octanol–water partition coefficient (Wildman–Crippen LogP) is 3.78. The van der Waals surface area contributed by atoms with Crippen LogP contribution in [0.1, 0.15) is 17.5 Å². The molecular weight excluding hydrogens is 240 g/mol. The summed E-state index contributed by atoms with van der Waals surface area (Å²) in [6, 6.07) is 8.97. The Bertz CT molecular complexity index is 531. The molecule has 2 rings (SSSR count). The van der Waals surface area contributed by atoms with Gasteiger partial charge in [0.15, 0.2) is 0 Å². The number of hydrogen-bond acceptors (Lipinski definition) is 3. The van der Waals surface area contributed by atoms with E-state index in [1.807, 2.05) is 12.1 Å². The predicted molar refractivity (Wildman–Crippen MR) is 65.1 cm³/mol. The highest BCUT2D eigenvalue weighted by Gasteiger charge is 2.12. The Hall–Kier alpha value is -1.74. The molecule has 0 saturated heterocycles. The Morgan fingerprint density at radius 3 is 2.88 bits per heavy atom. The van der Waals surface area contributed by atoms with E-state index < -0.39 is 5.97 Å². The van der Waals surface area contributed by atoms with Crippen molar-refractivity contribution in [1.82, 2.24) is 0 Å². The molecule has 88 valence electrons. The fourth-order valence-electron chi connectivity index (χ4n) is 1.46. The van der Waals surface area contributed by atoms with Crippen LogP contribution < -0.4 is 0 Å². The maximum Gasteiger partial charge on any atom is 0.374 e. The number of hydrogen-bond donors (Lipinski definition) is 0. The SMILES string of the molecule is CCOC(=O)c1cc(-c2cccc(Cl)c2)co1. The molecule has 1 heterocycles. The Morgan fingerprint density at radius 2 is 2.18 bits per heavy atom. The van der Waals surface area contributed by atoms with Crippen LogP contribution in [0, 0.1) is 0 Å². The van der Waals surface area contributed by atoms with Crippen molar-refractivity contribution in [2.45, 2.75) is 6.92 Å². The summed E-state index contributed by atoms with van der Waals surface area (Å²) in [4.78, 5) is 11.4. The van der Waals surface area contributed by atoms with Crippen molar-refractivity contribution in [3.8, 4) is 11.1 Å². The molecule has 1 aromatic carbocycles. The maximum atomic E-state index is 11.4. The third-order valence-corrected chi connectivity index (χ3v) is 2.47. The lowest BCUT2D eigenvalue weighted by molar-refractivity contribution is 0.0490. The van der Waals surface area contributed by atoms with Crippen LogP contribution in [0.15, 0.2) is 41.0 Å². The van der Waals surface area contributed by atoms with E-state index >= 15 is 0 Å². The van der Waals surface area contributed by atoms with Crippen molar-refractivity contribution in [2.75, 3.05) is 6.61 Å². The molecule has 17 heavy (non-hydrogen) atoms. The molecule has 0 aliphatic rings. The molecular formula is C13H11ClO3. The molecule has 0 unspecified atom stereocenters. The Kier molecular flexibility index (Phi) is 3.49. The van der Waals surface area contributed by atoms with Gasteiger partial charge in [-0.05, 0) is 30.7 Å². The fraction of sp³-hybridized carbons (Fsp3) is 0.154. The van der Waals surface area contributed by atoms with Crippen LogP contribution in [0.3, 0.4) is 0 Å². The van der Waals surface area contributed by atoms with Gasteiger partial charge in [-0.25, -0.2) is 4.79 Å². The highest BCUT2D eigenvalue weighted by atomic mass is 35.5. The van der Waals surface area contributed by atoms with E-state index in [0.717, 1.165) is 11.1 Å². The first-order valence-electron chi connectivity index (χ1n) is 5.22. The van der Waals surface area contributed by atoms with E-state index in [0.29, 0.717) is 11.6 Å². The summed E-state index contributed by atoms with van der Waals surface area (Å²) >= 11 is 5.89. The van der Waals surface area contributed by atoms with Crippen LogP contribution in [0.4, 0.5) is 0 Å². The summed E-state index contributed by atoms with van der Waals surface area (Å²) in [6.45, 7) is 2.07. The first kappa shape index (κ1) is 11.7. The third kappa shape index (κ3) is 2.68. The van der Waals surface area contributed by atoms with E-state index in [4.69, 9.17) is 20.8 Å². The fourth-order valence-corrected chi connectivity index (χ4v) is 1.66. The molecule has 0 N–H and O–H groups in total. The van der Waals surface area contributed by atoms with Gasteiger partial charge in [0.25, 0.3) is 0 Å². The smallest absolute Gasteiger partial charge is 0.374 e. The number of rotatable bonds is 3. The largest absolute Gasteiger partial charge is 0.460 e. The summed E-state index contributed by atoms with van der Waals surface area (Å²) in [7, 11) is 0. The minimum absolute atomic E-state index is 0.196. The average molecular weight is 251 g/mol. The highest BCUT2D eigenvalue weighted by molar-refractivity contribution is 6.30. The van der Waals surface area contributed by atoms with Gasteiger partial charge in [-0.1, -0.05) is 23.7 Å². The number of esters is 1. The number of furan rings is 1. The normalized spacial score (nSPS) is 10.2. The minimum Gasteiger partial charge on any atom is -0.460 e. The summed E-state index contributed by atoms with van der Waals surface area (Å²) in [6.07, 6.45) is 1.51. The quantitative estimate of drug-likeness (QED) is 0.779. The zero-order chi connectivity index (χ0) is 12.3. The molecule has 0 saturated carbocycles. The van der Waals surface area contributed by atoms with E-state index in [1.165, 1.54) is 6.26 Å². The second-order valence-corrected chi connectivity index (χ2v) is 3.87. The number of carbonyl (C=O) groups is 1. The lowest BCUT2D eigenvalue weighted by Gasteiger charge is -1.97. The standard InChI is InChI=1S/C13H11ClO3/c1-2-16-13(15)12-7-10(8-17-12)9-4-3-5-11(14)6-9/h3-8H,2H2,1H3. The van der Waals surface area contributed by atoms with Crippen molar-refractivity contribution in [2.24, 2.45) is 0 Å². The summed E-state index contributed by atoms with van der Waals surface area (Å²) < 4.78 is 10.00. The Morgan fingerprint density at radius 1 is 1.35 bits per heavy atom. The summed E-state index contributed by atoms with van der Waals surface area (Å²) in [5.74, 6) is -0.261. The monoisotopic (exact) mass is 250 g/mol. The first-order valence-corrected chi connectivity index (χ1v) is 5.60. The molecule has 4 heteroatoms. The molecule has 0 bridgehead atoms. The van der Waals surface area contributed by atoms with Gasteiger partial charge in [0.1, 0.15) is 0 Å². The lowest BCUT2D eigenvalue weighted by Crippen LogP contribution is -2.02. The molecule has 0 atom stereocenters. The second kappa shape index (κ2) is 5.06. The zero-order valence-electron chi connectivity index (χ0n) is 9.27. The minimum atomic E-state index is -0.458. The van der Waals surface area contributed by atoms with Crippen molar-refractivity contribution in [3.63, 3.8) is 0 Å². The van der Waals surface area contributed by atoms with Gasteiger partial charge < -0.3 is 9.15 Å². The molecule has 2 aromatic rings. The summed E-state index contributed by atoms with van der Waals surface area (Å²) in [5.41, 5.74) is 1.70. The van der Waals surface area contributed by atoms with Gasteiger partial charge in [0.2, 0.25) is 5.76 Å². The molecule has 0 radical (unpaired) electrons. The number of ether oxygens (including phenoxy) is 1. The molecule has 3 nitrogen and oxygen atoms in total. The van der Waals surface area contributed by atoms with Gasteiger partial charge in [-0.3, -0.25) is 0 Å². The van der Waals surface area contributed by atoms with Crippen LogP contribution in [-0.2, 0) is 4.74 Å². The third-order valence-electron chi connectivity index (χ3n) is 2.23. The van der Waals surface area contributed by atoms with Gasteiger partial charge in [-0.15, -0.1) is 0 Å². The average Bonchev–Trinajstić information content (AvgIpc) is 2.78. The maximum absolute atomic E-state index is 11.4. The first-order chi connectivity index (χ1) is 8.20. The van der Waals surface area contributed by atoms with Crippen molar-refractivity contribution in [1.29, 1.82) is 0 Å². The summed E-state index contributed by atoms with van der Waals surface area (Å²) in [5, 5.41) is 0.640. The molecule has 0 aliphatic carbocycles. The van der Waals surface area contributed by atoms with Crippen LogP contribution in [0.25, 0.3) is 11.1 Å². The molecule has 0 fully saturated rings. The Labute approximate surface area is 104 Å². The van der Waals surface area contributed by atoms with Crippen molar-refractivity contribution < 1.29 is 13.9 Å². The number of carbonyl (C=O) groups excluding carboxylic acids is 1. The topological polar surface area (TPSA) is 39.4 Å². The zero-order valence-corrected chi connectivity index (χ0v) is 10.0. The van der Waals surface area contributed by atoms with Gasteiger partial charge in [0.05, 0.1) is 12.9 Å². The molecule has 0 amide bonds. The highest BCUT2D eigenvalue weighted by Crippen LogP contribution is 2.24. The van der Waals surface area contributed by atoms with E-state index in [1.54, 1.807) is 25.1 Å². The number of benzene rings is 1. The Balaban J connectivity index is 2.27. The van der Waals surface area contributed by atoms with Crippen molar-refractivity contribution in [3.05, 3.63) is 47.4 Å². The van der Waals surface area contributed by atoms with Crippen LogP contribution >= 0.6 is 11.6 Å². The molecule has 1 aromatic heterocycles. The van der Waals surface area contributed by atoms with E-state index in [-0.39, 0.29) is 5.76 Å². The molecule has 0 spiro atoms. The van der Waals surface area contributed by atoms with Crippen LogP contribution in [0.2, 0.25) is 5.02 Å². The number of halogens is 1. The van der Waals surface area contributed by atoms with Gasteiger partial charge in [0, 0.05) is 10.6 Å². The van der Waals surface area contributed by atoms with E-state index in [9.17, 15) is 4.79 Å². The van der Waals surface area contributed by atoms with Gasteiger partial charge in [-0.2, -0.15) is 0 Å². The second-order valence-electron chi connectivity index (χ2n) is 3.43. The van der Waals surface area contributed by atoms with E-state index in [2.05, 4.69) is 0 Å². The lowest BCUT2D eigenvalue weighted by atomic mass is 10.1. The van der Waals surface area contributed by atoms with Crippen LogP contribution in [0.5, 0.6) is 0 Å². The van der Waals surface area contributed by atoms with Crippen molar-refractivity contribution >= 4 is 17.6 Å².